The molecule has 1 aliphatic rings. The van der Waals surface area contributed by atoms with Crippen LogP contribution in [0.2, 0.25) is 0 Å². The van der Waals surface area contributed by atoms with Crippen molar-refractivity contribution in [2.75, 3.05) is 37.0 Å². The van der Waals surface area contributed by atoms with Crippen LogP contribution in [0.3, 0.4) is 0 Å². The van der Waals surface area contributed by atoms with E-state index in [9.17, 15) is 9.59 Å². The van der Waals surface area contributed by atoms with Gasteiger partial charge < -0.3 is 15.8 Å². The number of anilines is 2. The lowest BCUT2D eigenvalue weighted by Gasteiger charge is -2.17. The van der Waals surface area contributed by atoms with Gasteiger partial charge in [-0.25, -0.2) is 4.98 Å². The van der Waals surface area contributed by atoms with Crippen LogP contribution in [-0.4, -0.2) is 43.9 Å². The molecule has 3 N–H and O–H groups in total. The summed E-state index contributed by atoms with van der Waals surface area (Å²) in [5, 5.41) is 2.89. The minimum absolute atomic E-state index is 0.0246. The Balaban J connectivity index is 2.21. The van der Waals surface area contributed by atoms with E-state index in [1.165, 1.54) is 0 Å². The molecule has 1 aromatic rings. The van der Waals surface area contributed by atoms with Crippen LogP contribution in [0.1, 0.15) is 6.42 Å². The third-order valence-corrected chi connectivity index (χ3v) is 3.20. The number of carbonyl (C=O) groups excluding carboxylic acids is 2. The summed E-state index contributed by atoms with van der Waals surface area (Å²) < 4.78 is 5.25. The first-order valence-electron chi connectivity index (χ1n) is 6.45. The summed E-state index contributed by atoms with van der Waals surface area (Å²) in [4.78, 5) is 28.3. The lowest BCUT2D eigenvalue weighted by molar-refractivity contribution is -0.117. The Hall–Kier alpha value is -2.15. The van der Waals surface area contributed by atoms with Gasteiger partial charge in [-0.15, -0.1) is 0 Å². The van der Waals surface area contributed by atoms with Crippen molar-refractivity contribution in [3.8, 4) is 5.75 Å². The molecule has 2 rings (SSSR count). The number of carbonyl (C=O) groups is 2. The predicted octanol–water partition coefficient (Wildman–Crippen LogP) is 0.0126. The molecule has 1 amide bonds. The zero-order valence-electron chi connectivity index (χ0n) is 11.3. The Labute approximate surface area is 117 Å². The SMILES string of the molecule is CNc1nc(N2CC(CN)CC2=O)ccc1OCC=O. The number of nitrogens with one attached hydrogen (secondary N) is 1. The molecule has 1 atom stereocenters. The molecule has 108 valence electrons. The fraction of sp³-hybridized carbons (Fsp3) is 0.462. The molecule has 1 fully saturated rings. The minimum atomic E-state index is -0.0341. The summed E-state index contributed by atoms with van der Waals surface area (Å²) >= 11 is 0. The Morgan fingerprint density at radius 1 is 1.60 bits per heavy atom. The molecule has 2 heterocycles. The van der Waals surface area contributed by atoms with Gasteiger partial charge in [-0.2, -0.15) is 0 Å². The first-order chi connectivity index (χ1) is 9.69. The fourth-order valence-electron chi connectivity index (χ4n) is 2.17. The molecular formula is C13H18N4O3. The molecule has 7 heteroatoms. The largest absolute Gasteiger partial charge is 0.482 e. The van der Waals surface area contributed by atoms with E-state index in [4.69, 9.17) is 10.5 Å². The third kappa shape index (κ3) is 2.88. The number of aromatic nitrogens is 1. The van der Waals surface area contributed by atoms with Crippen LogP contribution in [0.5, 0.6) is 5.75 Å². The lowest BCUT2D eigenvalue weighted by Crippen LogP contribution is -2.26. The standard InChI is InChI=1S/C13H18N4O3/c1-15-13-10(20-5-4-18)2-3-11(16-13)17-8-9(7-14)6-12(17)19/h2-4,9H,5-8,14H2,1H3,(H,15,16). The summed E-state index contributed by atoms with van der Waals surface area (Å²) in [5.41, 5.74) is 5.61. The number of amides is 1. The molecule has 1 aliphatic heterocycles. The molecule has 0 aromatic carbocycles. The number of pyridine rings is 1. The van der Waals surface area contributed by atoms with E-state index in [1.807, 2.05) is 0 Å². The first kappa shape index (κ1) is 14.3. The molecule has 0 saturated carbocycles. The van der Waals surface area contributed by atoms with Crippen LogP contribution < -0.4 is 20.7 Å². The van der Waals surface area contributed by atoms with E-state index >= 15 is 0 Å². The highest BCUT2D eigenvalue weighted by atomic mass is 16.5. The Morgan fingerprint density at radius 2 is 2.40 bits per heavy atom. The number of ether oxygens (including phenoxy) is 1. The molecule has 20 heavy (non-hydrogen) atoms. The van der Waals surface area contributed by atoms with Crippen LogP contribution in [0, 0.1) is 5.92 Å². The minimum Gasteiger partial charge on any atom is -0.482 e. The van der Waals surface area contributed by atoms with Crippen molar-refractivity contribution in [2.24, 2.45) is 11.7 Å². The molecule has 0 spiro atoms. The molecule has 0 aliphatic carbocycles. The van der Waals surface area contributed by atoms with Crippen molar-refractivity contribution in [1.29, 1.82) is 0 Å². The van der Waals surface area contributed by atoms with Gasteiger partial charge in [-0.1, -0.05) is 0 Å². The van der Waals surface area contributed by atoms with E-state index in [-0.39, 0.29) is 18.4 Å². The summed E-state index contributed by atoms with van der Waals surface area (Å²) in [5.74, 6) is 1.73. The van der Waals surface area contributed by atoms with Crippen LogP contribution in [0.4, 0.5) is 11.6 Å². The normalized spacial score (nSPS) is 18.2. The maximum absolute atomic E-state index is 11.9. The van der Waals surface area contributed by atoms with Crippen molar-refractivity contribution in [1.82, 2.24) is 4.98 Å². The number of hydrogen-bond donors (Lipinski definition) is 2. The molecular weight excluding hydrogens is 260 g/mol. The summed E-state index contributed by atoms with van der Waals surface area (Å²) in [6, 6.07) is 3.40. The van der Waals surface area contributed by atoms with Gasteiger partial charge in [-0.05, 0) is 24.6 Å². The van der Waals surface area contributed by atoms with Gasteiger partial charge in [0.05, 0.1) is 0 Å². The average molecular weight is 278 g/mol. The number of rotatable bonds is 6. The topological polar surface area (TPSA) is 97.6 Å². The van der Waals surface area contributed by atoms with Gasteiger partial charge >= 0.3 is 0 Å². The highest BCUT2D eigenvalue weighted by Crippen LogP contribution is 2.28. The molecule has 1 aromatic heterocycles. The number of nitrogens with two attached hydrogens (primary N) is 1. The van der Waals surface area contributed by atoms with Crippen LogP contribution in [0.15, 0.2) is 12.1 Å². The van der Waals surface area contributed by atoms with Crippen molar-refractivity contribution < 1.29 is 14.3 Å². The highest BCUT2D eigenvalue weighted by Gasteiger charge is 2.30. The van der Waals surface area contributed by atoms with E-state index in [0.29, 0.717) is 43.2 Å². The van der Waals surface area contributed by atoms with Crippen molar-refractivity contribution in [3.05, 3.63) is 12.1 Å². The van der Waals surface area contributed by atoms with E-state index < -0.39 is 0 Å². The molecule has 1 unspecified atom stereocenters. The third-order valence-electron chi connectivity index (χ3n) is 3.20. The van der Waals surface area contributed by atoms with Gasteiger partial charge in [0.1, 0.15) is 12.4 Å². The second-order valence-electron chi connectivity index (χ2n) is 4.55. The first-order valence-corrected chi connectivity index (χ1v) is 6.45. The lowest BCUT2D eigenvalue weighted by atomic mass is 10.1. The van der Waals surface area contributed by atoms with Crippen molar-refractivity contribution >= 4 is 23.8 Å². The van der Waals surface area contributed by atoms with Crippen molar-refractivity contribution in [3.63, 3.8) is 0 Å². The second kappa shape index (κ2) is 6.33. The smallest absolute Gasteiger partial charge is 0.228 e. The van der Waals surface area contributed by atoms with Gasteiger partial charge in [-0.3, -0.25) is 14.5 Å². The zero-order valence-corrected chi connectivity index (χ0v) is 11.3. The van der Waals surface area contributed by atoms with Crippen LogP contribution in [0.25, 0.3) is 0 Å². The summed E-state index contributed by atoms with van der Waals surface area (Å²) in [7, 11) is 1.70. The van der Waals surface area contributed by atoms with Crippen LogP contribution in [-0.2, 0) is 9.59 Å². The Bertz CT molecular complexity index is 506. The summed E-state index contributed by atoms with van der Waals surface area (Å²) in [6.45, 7) is 1.04. The van der Waals surface area contributed by atoms with E-state index in [0.717, 1.165) is 0 Å². The molecule has 7 nitrogen and oxygen atoms in total. The molecule has 0 radical (unpaired) electrons. The predicted molar refractivity (Wildman–Crippen MR) is 74.9 cm³/mol. The van der Waals surface area contributed by atoms with Gasteiger partial charge in [0, 0.05) is 20.0 Å². The Morgan fingerprint density at radius 3 is 3.00 bits per heavy atom. The maximum atomic E-state index is 11.9. The highest BCUT2D eigenvalue weighted by molar-refractivity contribution is 5.95. The fourth-order valence-corrected chi connectivity index (χ4v) is 2.17. The monoisotopic (exact) mass is 278 g/mol. The van der Waals surface area contributed by atoms with Crippen molar-refractivity contribution in [2.45, 2.75) is 6.42 Å². The molecule has 0 bridgehead atoms. The zero-order chi connectivity index (χ0) is 14.5. The number of aldehydes is 1. The van der Waals surface area contributed by atoms with Crippen LogP contribution >= 0.6 is 0 Å². The maximum Gasteiger partial charge on any atom is 0.228 e. The number of nitrogens with zero attached hydrogens (tertiary/aromatic N) is 2. The van der Waals surface area contributed by atoms with Gasteiger partial charge in [0.15, 0.2) is 17.9 Å². The quantitative estimate of drug-likeness (QED) is 0.712. The average Bonchev–Trinajstić information content (AvgIpc) is 2.86. The Kier molecular flexibility index (Phi) is 4.52. The van der Waals surface area contributed by atoms with Gasteiger partial charge in [0.2, 0.25) is 5.91 Å². The number of hydrogen-bond acceptors (Lipinski definition) is 6. The molecule has 1 saturated heterocycles. The second-order valence-corrected chi connectivity index (χ2v) is 4.55. The summed E-state index contributed by atoms with van der Waals surface area (Å²) in [6.07, 6.45) is 1.12. The van der Waals surface area contributed by atoms with E-state index in [2.05, 4.69) is 10.3 Å². The van der Waals surface area contributed by atoms with Gasteiger partial charge in [0.25, 0.3) is 0 Å². The van der Waals surface area contributed by atoms with E-state index in [1.54, 1.807) is 24.1 Å².